The van der Waals surface area contributed by atoms with Crippen molar-refractivity contribution in [1.29, 1.82) is 5.26 Å². The van der Waals surface area contributed by atoms with Gasteiger partial charge in [-0.15, -0.1) is 0 Å². The Hall–Kier alpha value is -1.98. The van der Waals surface area contributed by atoms with Crippen LogP contribution in [0.15, 0.2) is 0 Å². The van der Waals surface area contributed by atoms with E-state index in [2.05, 4.69) is 0 Å². The van der Waals surface area contributed by atoms with E-state index in [0.717, 1.165) is 4.90 Å². The number of carbonyl (C=O) groups is 2. The van der Waals surface area contributed by atoms with Crippen LogP contribution >= 0.6 is 0 Å². The molecule has 0 heterocycles. The third-order valence-corrected chi connectivity index (χ3v) is 2.30. The van der Waals surface area contributed by atoms with Crippen molar-refractivity contribution < 1.29 is 27.9 Å². The molecule has 0 fully saturated rings. The number of alkyl halides is 3. The van der Waals surface area contributed by atoms with Crippen molar-refractivity contribution in [1.82, 2.24) is 9.80 Å². The Balaban J connectivity index is 5.06. The van der Waals surface area contributed by atoms with Gasteiger partial charge in [-0.2, -0.15) is 18.4 Å². The van der Waals surface area contributed by atoms with Crippen LogP contribution in [0.25, 0.3) is 0 Å². The van der Waals surface area contributed by atoms with Gasteiger partial charge in [-0.3, -0.25) is 4.79 Å². The number of carboxylic acids is 1. The zero-order chi connectivity index (χ0) is 15.9. The Morgan fingerprint density at radius 1 is 1.35 bits per heavy atom. The summed E-state index contributed by atoms with van der Waals surface area (Å²) in [6, 6.07) is 0.295. The molecule has 0 aromatic heterocycles. The highest BCUT2D eigenvalue weighted by Crippen LogP contribution is 2.18. The first-order valence-electron chi connectivity index (χ1n) is 5.79. The lowest BCUT2D eigenvalue weighted by Gasteiger charge is -2.32. The molecule has 0 saturated heterocycles. The third-order valence-electron chi connectivity index (χ3n) is 2.30. The predicted octanol–water partition coefficient (Wildman–Crippen LogP) is 1.68. The minimum atomic E-state index is -4.69. The van der Waals surface area contributed by atoms with Crippen LogP contribution in [-0.2, 0) is 4.79 Å². The van der Waals surface area contributed by atoms with Crippen molar-refractivity contribution in [2.75, 3.05) is 19.6 Å². The molecule has 0 radical (unpaired) electrons. The van der Waals surface area contributed by atoms with E-state index >= 15 is 0 Å². The fourth-order valence-electron chi connectivity index (χ4n) is 1.50. The SMILES string of the molecule is CC(C)N(CCC#N)C(=O)N(CC(=O)O)CC(F)(F)F. The van der Waals surface area contributed by atoms with Crippen LogP contribution in [0, 0.1) is 11.3 Å². The van der Waals surface area contributed by atoms with Gasteiger partial charge >= 0.3 is 18.2 Å². The Morgan fingerprint density at radius 3 is 2.25 bits per heavy atom. The first-order valence-corrected chi connectivity index (χ1v) is 5.79. The third kappa shape index (κ3) is 6.82. The minimum absolute atomic E-state index is 0.0448. The maximum absolute atomic E-state index is 12.4. The number of hydrogen-bond donors (Lipinski definition) is 1. The molecule has 114 valence electrons. The molecule has 1 N–H and O–H groups in total. The predicted molar refractivity (Wildman–Crippen MR) is 62.7 cm³/mol. The van der Waals surface area contributed by atoms with Crippen LogP contribution in [0.3, 0.4) is 0 Å². The average Bonchev–Trinajstić information content (AvgIpc) is 2.25. The number of carboxylic acid groups (broad SMARTS) is 1. The molecule has 0 aliphatic heterocycles. The Bertz CT molecular complexity index is 391. The van der Waals surface area contributed by atoms with Crippen molar-refractivity contribution in [3.8, 4) is 6.07 Å². The highest BCUT2D eigenvalue weighted by atomic mass is 19.4. The Morgan fingerprint density at radius 2 is 1.90 bits per heavy atom. The molecule has 0 unspecified atom stereocenters. The molecule has 0 atom stereocenters. The fourth-order valence-corrected chi connectivity index (χ4v) is 1.50. The lowest BCUT2D eigenvalue weighted by atomic mass is 10.3. The summed E-state index contributed by atoms with van der Waals surface area (Å²) in [4.78, 5) is 23.8. The fraction of sp³-hybridized carbons (Fsp3) is 0.727. The summed E-state index contributed by atoms with van der Waals surface area (Å²) in [7, 11) is 0. The number of halogens is 3. The van der Waals surface area contributed by atoms with E-state index in [1.165, 1.54) is 0 Å². The Labute approximate surface area is 114 Å². The zero-order valence-electron chi connectivity index (χ0n) is 11.1. The van der Waals surface area contributed by atoms with Gasteiger partial charge in [0.15, 0.2) is 0 Å². The Kier molecular flexibility index (Phi) is 6.82. The summed E-state index contributed by atoms with van der Waals surface area (Å²) >= 11 is 0. The molecular weight excluding hydrogens is 279 g/mol. The summed E-state index contributed by atoms with van der Waals surface area (Å²) in [5.41, 5.74) is 0. The summed E-state index contributed by atoms with van der Waals surface area (Å²) < 4.78 is 37.1. The van der Waals surface area contributed by atoms with E-state index in [-0.39, 0.29) is 17.9 Å². The minimum Gasteiger partial charge on any atom is -0.480 e. The second kappa shape index (κ2) is 7.57. The van der Waals surface area contributed by atoms with Crippen LogP contribution in [0.4, 0.5) is 18.0 Å². The van der Waals surface area contributed by atoms with Crippen molar-refractivity contribution in [3.05, 3.63) is 0 Å². The smallest absolute Gasteiger partial charge is 0.406 e. The van der Waals surface area contributed by atoms with Crippen molar-refractivity contribution in [2.24, 2.45) is 0 Å². The number of nitriles is 1. The molecule has 0 aromatic carbocycles. The summed E-state index contributed by atoms with van der Waals surface area (Å²) in [5.74, 6) is -1.54. The van der Waals surface area contributed by atoms with Crippen LogP contribution in [0.2, 0.25) is 0 Å². The second-order valence-electron chi connectivity index (χ2n) is 4.34. The molecule has 0 aliphatic rings. The molecule has 20 heavy (non-hydrogen) atoms. The van der Waals surface area contributed by atoms with E-state index in [4.69, 9.17) is 10.4 Å². The van der Waals surface area contributed by atoms with Crippen molar-refractivity contribution in [3.63, 3.8) is 0 Å². The summed E-state index contributed by atoms with van der Waals surface area (Å²) in [5, 5.41) is 17.1. The van der Waals surface area contributed by atoms with Crippen molar-refractivity contribution in [2.45, 2.75) is 32.5 Å². The van der Waals surface area contributed by atoms with E-state index in [0.29, 0.717) is 0 Å². The van der Waals surface area contributed by atoms with Crippen LogP contribution in [0.1, 0.15) is 20.3 Å². The van der Waals surface area contributed by atoms with Gasteiger partial charge in [0.05, 0.1) is 12.5 Å². The molecule has 6 nitrogen and oxygen atoms in total. The number of nitrogens with zero attached hydrogens (tertiary/aromatic N) is 3. The molecule has 0 spiro atoms. The van der Waals surface area contributed by atoms with Gasteiger partial charge in [0, 0.05) is 12.6 Å². The summed E-state index contributed by atoms with van der Waals surface area (Å²) in [6.45, 7) is 0.395. The van der Waals surface area contributed by atoms with Crippen LogP contribution in [0.5, 0.6) is 0 Å². The maximum Gasteiger partial charge on any atom is 0.406 e. The van der Waals surface area contributed by atoms with Gasteiger partial charge in [0.2, 0.25) is 0 Å². The lowest BCUT2D eigenvalue weighted by molar-refractivity contribution is -0.150. The second-order valence-corrected chi connectivity index (χ2v) is 4.34. The molecule has 2 amide bonds. The number of urea groups is 1. The molecular formula is C11H16F3N3O3. The molecule has 0 aromatic rings. The highest BCUT2D eigenvalue weighted by Gasteiger charge is 2.36. The van der Waals surface area contributed by atoms with Crippen LogP contribution < -0.4 is 0 Å². The van der Waals surface area contributed by atoms with Gasteiger partial charge in [-0.1, -0.05) is 0 Å². The normalized spacial score (nSPS) is 11.1. The maximum atomic E-state index is 12.4. The van der Waals surface area contributed by atoms with E-state index in [1.54, 1.807) is 19.9 Å². The summed E-state index contributed by atoms with van der Waals surface area (Å²) in [6.07, 6.45) is -4.74. The highest BCUT2D eigenvalue weighted by molar-refractivity contribution is 5.80. The number of hydrogen-bond acceptors (Lipinski definition) is 3. The van der Waals surface area contributed by atoms with Crippen LogP contribution in [-0.4, -0.2) is 58.8 Å². The molecule has 0 saturated carbocycles. The van der Waals surface area contributed by atoms with Gasteiger partial charge < -0.3 is 14.9 Å². The van der Waals surface area contributed by atoms with Crippen molar-refractivity contribution >= 4 is 12.0 Å². The number of carbonyl (C=O) groups excluding carboxylic acids is 1. The molecule has 0 bridgehead atoms. The van der Waals surface area contributed by atoms with E-state index in [1.807, 2.05) is 0 Å². The first-order chi connectivity index (χ1) is 9.08. The number of amides is 2. The number of rotatable bonds is 6. The molecule has 9 heteroatoms. The average molecular weight is 295 g/mol. The quantitative estimate of drug-likeness (QED) is 0.808. The van der Waals surface area contributed by atoms with Gasteiger partial charge in [-0.25, -0.2) is 4.79 Å². The standard InChI is InChI=1S/C11H16F3N3O3/c1-8(2)17(5-3-4-15)10(20)16(6-9(18)19)7-11(12,13)14/h8H,3,5-7H2,1-2H3,(H,18,19). The zero-order valence-corrected chi connectivity index (χ0v) is 11.1. The van der Waals surface area contributed by atoms with Gasteiger partial charge in [0.25, 0.3) is 0 Å². The molecule has 0 aliphatic carbocycles. The molecule has 0 rings (SSSR count). The van der Waals surface area contributed by atoms with Gasteiger partial charge in [0.1, 0.15) is 13.1 Å². The largest absolute Gasteiger partial charge is 0.480 e. The topological polar surface area (TPSA) is 84.6 Å². The van der Waals surface area contributed by atoms with E-state index in [9.17, 15) is 22.8 Å². The lowest BCUT2D eigenvalue weighted by Crippen LogP contribution is -2.51. The van der Waals surface area contributed by atoms with Gasteiger partial charge in [-0.05, 0) is 13.8 Å². The first kappa shape index (κ1) is 18.0. The van der Waals surface area contributed by atoms with E-state index < -0.39 is 37.3 Å². The number of aliphatic carboxylic acids is 1. The monoisotopic (exact) mass is 295 g/mol.